The SMILES string of the molecule is Cc1ccc(Br)c(-n2cc(CN)nn2)c1. The van der Waals surface area contributed by atoms with Crippen LogP contribution in [0.25, 0.3) is 5.69 Å². The number of nitrogens with two attached hydrogens (primary N) is 1. The Labute approximate surface area is 96.2 Å². The minimum Gasteiger partial charge on any atom is -0.325 e. The van der Waals surface area contributed by atoms with E-state index in [-0.39, 0.29) is 0 Å². The maximum Gasteiger partial charge on any atom is 0.0967 e. The minimum absolute atomic E-state index is 0.406. The number of hydrogen-bond donors (Lipinski definition) is 1. The van der Waals surface area contributed by atoms with E-state index in [4.69, 9.17) is 5.73 Å². The number of nitrogens with zero attached hydrogens (tertiary/aromatic N) is 3. The van der Waals surface area contributed by atoms with Gasteiger partial charge in [0.1, 0.15) is 0 Å². The smallest absolute Gasteiger partial charge is 0.0967 e. The third-order valence-corrected chi connectivity index (χ3v) is 2.77. The predicted octanol–water partition coefficient (Wildman–Crippen LogP) is 1.80. The summed E-state index contributed by atoms with van der Waals surface area (Å²) in [5.74, 6) is 0. The summed E-state index contributed by atoms with van der Waals surface area (Å²) in [6, 6.07) is 6.07. The van der Waals surface area contributed by atoms with Crippen LogP contribution in [0.3, 0.4) is 0 Å². The van der Waals surface area contributed by atoms with Crippen molar-refractivity contribution in [1.29, 1.82) is 0 Å². The Morgan fingerprint density at radius 2 is 2.27 bits per heavy atom. The molecule has 0 aliphatic heterocycles. The summed E-state index contributed by atoms with van der Waals surface area (Å²) in [4.78, 5) is 0. The lowest BCUT2D eigenvalue weighted by Gasteiger charge is -2.04. The van der Waals surface area contributed by atoms with E-state index >= 15 is 0 Å². The van der Waals surface area contributed by atoms with Crippen molar-refractivity contribution in [3.05, 3.63) is 40.1 Å². The molecule has 0 saturated heterocycles. The summed E-state index contributed by atoms with van der Waals surface area (Å²) in [6.07, 6.45) is 1.83. The Bertz CT molecular complexity index is 478. The van der Waals surface area contributed by atoms with Gasteiger partial charge in [0, 0.05) is 11.0 Å². The number of aryl methyl sites for hydroxylation is 1. The van der Waals surface area contributed by atoms with Crippen LogP contribution in [-0.4, -0.2) is 15.0 Å². The number of benzene rings is 1. The molecule has 4 nitrogen and oxygen atoms in total. The molecule has 0 atom stereocenters. The van der Waals surface area contributed by atoms with E-state index in [0.717, 1.165) is 15.9 Å². The summed E-state index contributed by atoms with van der Waals surface area (Å²) < 4.78 is 2.71. The maximum atomic E-state index is 5.48. The van der Waals surface area contributed by atoms with E-state index in [1.165, 1.54) is 5.56 Å². The monoisotopic (exact) mass is 266 g/mol. The highest BCUT2D eigenvalue weighted by Crippen LogP contribution is 2.21. The van der Waals surface area contributed by atoms with Gasteiger partial charge in [-0.1, -0.05) is 11.3 Å². The molecule has 2 aromatic rings. The molecule has 0 radical (unpaired) electrons. The van der Waals surface area contributed by atoms with Gasteiger partial charge >= 0.3 is 0 Å². The fourth-order valence-electron chi connectivity index (χ4n) is 1.31. The average molecular weight is 267 g/mol. The zero-order valence-electron chi connectivity index (χ0n) is 8.31. The standard InChI is InChI=1S/C10H11BrN4/c1-7-2-3-9(11)10(4-7)15-6-8(5-12)13-14-15/h2-4,6H,5,12H2,1H3. The van der Waals surface area contributed by atoms with Gasteiger partial charge < -0.3 is 5.73 Å². The molecule has 0 bridgehead atoms. The van der Waals surface area contributed by atoms with Gasteiger partial charge in [-0.05, 0) is 40.5 Å². The average Bonchev–Trinajstić information content (AvgIpc) is 2.70. The Morgan fingerprint density at radius 3 is 2.93 bits per heavy atom. The van der Waals surface area contributed by atoms with Gasteiger partial charge in [0.25, 0.3) is 0 Å². The van der Waals surface area contributed by atoms with Crippen LogP contribution in [-0.2, 0) is 6.54 Å². The fraction of sp³-hybridized carbons (Fsp3) is 0.200. The normalized spacial score (nSPS) is 10.6. The molecule has 2 rings (SSSR count). The number of aromatic nitrogens is 3. The molecule has 0 saturated carbocycles. The molecule has 0 fully saturated rings. The highest BCUT2D eigenvalue weighted by Gasteiger charge is 2.05. The van der Waals surface area contributed by atoms with Crippen molar-refractivity contribution in [2.45, 2.75) is 13.5 Å². The van der Waals surface area contributed by atoms with Crippen LogP contribution in [0, 0.1) is 6.92 Å². The lowest BCUT2D eigenvalue weighted by atomic mass is 10.2. The van der Waals surface area contributed by atoms with Crippen molar-refractivity contribution in [2.75, 3.05) is 0 Å². The van der Waals surface area contributed by atoms with Gasteiger partial charge in [0.15, 0.2) is 0 Å². The Morgan fingerprint density at radius 1 is 1.47 bits per heavy atom. The van der Waals surface area contributed by atoms with Crippen LogP contribution in [0.1, 0.15) is 11.3 Å². The molecule has 1 heterocycles. The van der Waals surface area contributed by atoms with Crippen LogP contribution in [0.15, 0.2) is 28.9 Å². The molecule has 5 heteroatoms. The van der Waals surface area contributed by atoms with E-state index in [9.17, 15) is 0 Å². The molecule has 1 aromatic carbocycles. The molecular weight excluding hydrogens is 256 g/mol. The molecule has 2 N–H and O–H groups in total. The molecule has 0 aliphatic carbocycles. The van der Waals surface area contributed by atoms with Crippen LogP contribution >= 0.6 is 15.9 Å². The van der Waals surface area contributed by atoms with Crippen LogP contribution in [0.4, 0.5) is 0 Å². The number of hydrogen-bond acceptors (Lipinski definition) is 3. The number of halogens is 1. The van der Waals surface area contributed by atoms with E-state index < -0.39 is 0 Å². The summed E-state index contributed by atoms with van der Waals surface area (Å²) in [5.41, 5.74) is 8.42. The van der Waals surface area contributed by atoms with Crippen LogP contribution in [0.5, 0.6) is 0 Å². The van der Waals surface area contributed by atoms with E-state index in [2.05, 4.69) is 26.2 Å². The first-order valence-corrected chi connectivity index (χ1v) is 5.38. The molecule has 0 amide bonds. The fourth-order valence-corrected chi connectivity index (χ4v) is 1.74. The molecule has 15 heavy (non-hydrogen) atoms. The topological polar surface area (TPSA) is 56.7 Å². The Hall–Kier alpha value is -1.20. The second kappa shape index (κ2) is 4.12. The first-order chi connectivity index (χ1) is 7.20. The Kier molecular flexibility index (Phi) is 2.83. The largest absolute Gasteiger partial charge is 0.325 e. The van der Waals surface area contributed by atoms with E-state index in [1.807, 2.05) is 31.3 Å². The van der Waals surface area contributed by atoms with Crippen LogP contribution in [0.2, 0.25) is 0 Å². The first-order valence-electron chi connectivity index (χ1n) is 4.58. The molecular formula is C10H11BrN4. The minimum atomic E-state index is 0.406. The summed E-state index contributed by atoms with van der Waals surface area (Å²) in [5, 5.41) is 7.96. The van der Waals surface area contributed by atoms with Gasteiger partial charge in [-0.15, -0.1) is 5.10 Å². The molecule has 0 unspecified atom stereocenters. The Balaban J connectivity index is 2.48. The highest BCUT2D eigenvalue weighted by atomic mass is 79.9. The second-order valence-corrected chi connectivity index (χ2v) is 4.17. The van der Waals surface area contributed by atoms with Gasteiger partial charge in [-0.2, -0.15) is 0 Å². The predicted molar refractivity (Wildman–Crippen MR) is 61.7 cm³/mol. The quantitative estimate of drug-likeness (QED) is 0.902. The molecule has 78 valence electrons. The van der Waals surface area contributed by atoms with Gasteiger partial charge in [-0.3, -0.25) is 0 Å². The van der Waals surface area contributed by atoms with E-state index in [1.54, 1.807) is 4.68 Å². The molecule has 0 spiro atoms. The van der Waals surface area contributed by atoms with Gasteiger partial charge in [0.2, 0.25) is 0 Å². The van der Waals surface area contributed by atoms with Crippen molar-refractivity contribution in [1.82, 2.24) is 15.0 Å². The zero-order valence-corrected chi connectivity index (χ0v) is 9.90. The second-order valence-electron chi connectivity index (χ2n) is 3.31. The summed E-state index contributed by atoms with van der Waals surface area (Å²) in [6.45, 7) is 2.44. The lowest BCUT2D eigenvalue weighted by molar-refractivity contribution is 0.793. The third-order valence-electron chi connectivity index (χ3n) is 2.10. The van der Waals surface area contributed by atoms with Crippen molar-refractivity contribution >= 4 is 15.9 Å². The van der Waals surface area contributed by atoms with Gasteiger partial charge in [-0.25, -0.2) is 4.68 Å². The highest BCUT2D eigenvalue weighted by molar-refractivity contribution is 9.10. The van der Waals surface area contributed by atoms with Crippen LogP contribution < -0.4 is 5.73 Å². The van der Waals surface area contributed by atoms with Crippen molar-refractivity contribution < 1.29 is 0 Å². The van der Waals surface area contributed by atoms with Gasteiger partial charge in [0.05, 0.1) is 17.6 Å². The zero-order chi connectivity index (χ0) is 10.8. The van der Waals surface area contributed by atoms with E-state index in [0.29, 0.717) is 6.54 Å². The lowest BCUT2D eigenvalue weighted by Crippen LogP contribution is -1.97. The summed E-state index contributed by atoms with van der Waals surface area (Å²) >= 11 is 3.48. The number of rotatable bonds is 2. The van der Waals surface area contributed by atoms with Crippen molar-refractivity contribution in [3.8, 4) is 5.69 Å². The van der Waals surface area contributed by atoms with Crippen molar-refractivity contribution in [2.24, 2.45) is 5.73 Å². The molecule has 0 aliphatic rings. The first kappa shape index (κ1) is 10.3. The third kappa shape index (κ3) is 2.08. The maximum absolute atomic E-state index is 5.48. The molecule has 1 aromatic heterocycles. The van der Waals surface area contributed by atoms with Crippen molar-refractivity contribution in [3.63, 3.8) is 0 Å². The summed E-state index contributed by atoms with van der Waals surface area (Å²) in [7, 11) is 0.